The van der Waals surface area contributed by atoms with Crippen LogP contribution in [0.25, 0.3) is 0 Å². The van der Waals surface area contributed by atoms with Gasteiger partial charge < -0.3 is 15.3 Å². The summed E-state index contributed by atoms with van der Waals surface area (Å²) in [5, 5.41) is 15.5. The Morgan fingerprint density at radius 2 is 1.38 bits per heavy atom. The Balaban J connectivity index is 1.47. The van der Waals surface area contributed by atoms with Crippen molar-refractivity contribution >= 4 is 11.4 Å². The van der Waals surface area contributed by atoms with Gasteiger partial charge in [-0.15, -0.1) is 0 Å². The Hall–Kier alpha value is -3.70. The highest BCUT2D eigenvalue weighted by molar-refractivity contribution is 5.76. The molecule has 0 spiro atoms. The molecule has 4 aromatic rings. The molecule has 1 aliphatic rings. The molecule has 1 saturated heterocycles. The summed E-state index contributed by atoms with van der Waals surface area (Å²) in [6.07, 6.45) is 2.29. The first-order valence-corrected chi connectivity index (χ1v) is 11.8. The molecule has 2 N–H and O–H groups in total. The van der Waals surface area contributed by atoms with Gasteiger partial charge >= 0.3 is 0 Å². The second-order valence-corrected chi connectivity index (χ2v) is 8.89. The third-order valence-electron chi connectivity index (χ3n) is 6.89. The zero-order valence-corrected chi connectivity index (χ0v) is 19.0. The molecule has 0 aliphatic carbocycles. The zero-order chi connectivity index (χ0) is 23.5. The first kappa shape index (κ1) is 22.1. The lowest BCUT2D eigenvalue weighted by Gasteiger charge is -2.41. The standard InChI is InChI=1S/C29H28N2O3/c32-27-25(30-19-18-21-11-4-1-5-12-21)26(28(27)33)31-20-10-17-24(31)29(34,22-13-6-2-7-14-22)23-15-8-3-9-16-23/h1-9,11-16,24,30,34H,10,17-20H2/t24-/m0/s1. The van der Waals surface area contributed by atoms with E-state index in [2.05, 4.69) is 5.32 Å². The Morgan fingerprint density at radius 3 is 1.97 bits per heavy atom. The first-order valence-electron chi connectivity index (χ1n) is 11.8. The largest absolute Gasteiger partial charge is 0.380 e. The molecule has 5 nitrogen and oxygen atoms in total. The number of benzene rings is 3. The van der Waals surface area contributed by atoms with Crippen LogP contribution in [0.4, 0.5) is 11.4 Å². The van der Waals surface area contributed by atoms with Crippen molar-refractivity contribution in [2.45, 2.75) is 30.9 Å². The monoisotopic (exact) mass is 452 g/mol. The summed E-state index contributed by atoms with van der Waals surface area (Å²) in [7, 11) is 0. The molecule has 1 atom stereocenters. The number of hydrogen-bond donors (Lipinski definition) is 2. The summed E-state index contributed by atoms with van der Waals surface area (Å²) in [4.78, 5) is 27.2. The van der Waals surface area contributed by atoms with Crippen molar-refractivity contribution in [1.29, 1.82) is 0 Å². The van der Waals surface area contributed by atoms with Crippen LogP contribution in [0.1, 0.15) is 29.5 Å². The Morgan fingerprint density at radius 1 is 0.824 bits per heavy atom. The van der Waals surface area contributed by atoms with E-state index in [0.717, 1.165) is 29.5 Å². The lowest BCUT2D eigenvalue weighted by atomic mass is 9.79. The maximum atomic E-state index is 12.8. The van der Waals surface area contributed by atoms with E-state index in [1.54, 1.807) is 0 Å². The van der Waals surface area contributed by atoms with Gasteiger partial charge in [0.2, 0.25) is 0 Å². The van der Waals surface area contributed by atoms with Crippen LogP contribution < -0.4 is 21.1 Å². The quantitative estimate of drug-likeness (QED) is 0.398. The molecule has 5 heteroatoms. The summed E-state index contributed by atoms with van der Waals surface area (Å²) in [5.41, 5.74) is 1.22. The molecule has 0 aromatic heterocycles. The topological polar surface area (TPSA) is 69.6 Å². The van der Waals surface area contributed by atoms with Crippen LogP contribution in [0.5, 0.6) is 0 Å². The smallest absolute Gasteiger partial charge is 0.253 e. The van der Waals surface area contributed by atoms with Crippen LogP contribution in [-0.2, 0) is 12.0 Å². The molecule has 0 amide bonds. The van der Waals surface area contributed by atoms with Crippen molar-refractivity contribution in [2.75, 3.05) is 23.3 Å². The summed E-state index contributed by atoms with van der Waals surface area (Å²) >= 11 is 0. The molecule has 0 saturated carbocycles. The first-order chi connectivity index (χ1) is 16.6. The number of hydrogen-bond acceptors (Lipinski definition) is 5. The third kappa shape index (κ3) is 3.82. The minimum atomic E-state index is -1.32. The highest BCUT2D eigenvalue weighted by Crippen LogP contribution is 2.42. The average Bonchev–Trinajstić information content (AvgIpc) is 3.38. The van der Waals surface area contributed by atoms with Gasteiger partial charge in [-0.25, -0.2) is 0 Å². The van der Waals surface area contributed by atoms with E-state index >= 15 is 0 Å². The van der Waals surface area contributed by atoms with Gasteiger partial charge in [0.25, 0.3) is 10.9 Å². The molecule has 1 fully saturated rings. The number of nitrogens with zero attached hydrogens (tertiary/aromatic N) is 1. The minimum absolute atomic E-state index is 0.365. The molecular weight excluding hydrogens is 424 g/mol. The molecule has 172 valence electrons. The lowest BCUT2D eigenvalue weighted by molar-refractivity contribution is 0.0529. The van der Waals surface area contributed by atoms with E-state index in [1.165, 1.54) is 0 Å². The van der Waals surface area contributed by atoms with Gasteiger partial charge in [0.15, 0.2) is 0 Å². The molecule has 0 radical (unpaired) electrons. The molecule has 4 aromatic carbocycles. The number of nitrogens with one attached hydrogen (secondary N) is 1. The minimum Gasteiger partial charge on any atom is -0.380 e. The van der Waals surface area contributed by atoms with Gasteiger partial charge in [-0.05, 0) is 36.0 Å². The number of rotatable bonds is 8. The fourth-order valence-electron chi connectivity index (χ4n) is 5.20. The second-order valence-electron chi connectivity index (χ2n) is 8.89. The molecule has 5 rings (SSSR count). The number of anilines is 2. The van der Waals surface area contributed by atoms with E-state index in [4.69, 9.17) is 0 Å². The van der Waals surface area contributed by atoms with Crippen molar-refractivity contribution < 1.29 is 5.11 Å². The van der Waals surface area contributed by atoms with Crippen LogP contribution >= 0.6 is 0 Å². The van der Waals surface area contributed by atoms with Crippen LogP contribution in [-0.4, -0.2) is 24.2 Å². The van der Waals surface area contributed by atoms with Gasteiger partial charge in [0.05, 0.1) is 6.04 Å². The van der Waals surface area contributed by atoms with Crippen molar-refractivity contribution in [3.05, 3.63) is 128 Å². The highest BCUT2D eigenvalue weighted by Gasteiger charge is 2.47. The lowest BCUT2D eigenvalue weighted by Crippen LogP contribution is -2.53. The fraction of sp³-hybridized carbons (Fsp3) is 0.241. The SMILES string of the molecule is O=c1c(NCCc2ccccc2)c(N2CCC[C@H]2C(O)(c2ccccc2)c2ccccc2)c1=O. The number of aliphatic hydroxyl groups is 1. The van der Waals surface area contributed by atoms with Gasteiger partial charge in [0.1, 0.15) is 17.0 Å². The Kier molecular flexibility index (Phi) is 6.03. The third-order valence-corrected chi connectivity index (χ3v) is 6.89. The van der Waals surface area contributed by atoms with Crippen LogP contribution in [0.3, 0.4) is 0 Å². The van der Waals surface area contributed by atoms with Crippen LogP contribution in [0.15, 0.2) is 101 Å². The Bertz CT molecular complexity index is 1270. The predicted molar refractivity (Wildman–Crippen MR) is 136 cm³/mol. The van der Waals surface area contributed by atoms with Gasteiger partial charge in [-0.2, -0.15) is 0 Å². The van der Waals surface area contributed by atoms with Gasteiger partial charge in [-0.3, -0.25) is 9.59 Å². The molecule has 0 unspecified atom stereocenters. The Labute approximate surface area is 199 Å². The van der Waals surface area contributed by atoms with E-state index in [0.29, 0.717) is 30.9 Å². The van der Waals surface area contributed by atoms with Gasteiger partial charge in [-0.1, -0.05) is 91.0 Å². The molecule has 34 heavy (non-hydrogen) atoms. The van der Waals surface area contributed by atoms with Crippen LogP contribution in [0.2, 0.25) is 0 Å². The van der Waals surface area contributed by atoms with Crippen LogP contribution in [0, 0.1) is 0 Å². The van der Waals surface area contributed by atoms with Crippen molar-refractivity contribution in [3.63, 3.8) is 0 Å². The highest BCUT2D eigenvalue weighted by atomic mass is 16.3. The normalized spacial score (nSPS) is 16.1. The van der Waals surface area contributed by atoms with E-state index < -0.39 is 16.5 Å². The van der Waals surface area contributed by atoms with E-state index in [-0.39, 0.29) is 6.04 Å². The van der Waals surface area contributed by atoms with Crippen molar-refractivity contribution in [2.24, 2.45) is 0 Å². The van der Waals surface area contributed by atoms with E-state index in [1.807, 2.05) is 95.9 Å². The molecule has 1 heterocycles. The van der Waals surface area contributed by atoms with Crippen molar-refractivity contribution in [1.82, 2.24) is 0 Å². The second kappa shape index (κ2) is 9.27. The summed E-state index contributed by atoms with van der Waals surface area (Å²) in [6, 6.07) is 28.9. The molecule has 0 bridgehead atoms. The maximum Gasteiger partial charge on any atom is 0.253 e. The molecular formula is C29H28N2O3. The van der Waals surface area contributed by atoms with Crippen molar-refractivity contribution in [3.8, 4) is 0 Å². The predicted octanol–water partition coefficient (Wildman–Crippen LogP) is 3.84. The van der Waals surface area contributed by atoms with Gasteiger partial charge in [0, 0.05) is 13.1 Å². The fourth-order valence-corrected chi connectivity index (χ4v) is 5.20. The average molecular weight is 453 g/mol. The zero-order valence-electron chi connectivity index (χ0n) is 19.0. The summed E-state index contributed by atoms with van der Waals surface area (Å²) in [6.45, 7) is 1.17. The molecule has 1 aliphatic heterocycles. The van der Waals surface area contributed by atoms with E-state index in [9.17, 15) is 14.7 Å². The summed E-state index contributed by atoms with van der Waals surface area (Å²) in [5.74, 6) is 0. The maximum absolute atomic E-state index is 12.8. The summed E-state index contributed by atoms with van der Waals surface area (Å²) < 4.78 is 0.